The molecule has 1 aromatic heterocycles. The summed E-state index contributed by atoms with van der Waals surface area (Å²) in [5, 5.41) is 7.86. The van der Waals surface area contributed by atoms with Crippen molar-refractivity contribution >= 4 is 0 Å². The van der Waals surface area contributed by atoms with Gasteiger partial charge in [0.15, 0.2) is 0 Å². The number of hydrogen-bond donors (Lipinski definition) is 1. The van der Waals surface area contributed by atoms with Gasteiger partial charge < -0.3 is 5.32 Å². The van der Waals surface area contributed by atoms with E-state index in [-0.39, 0.29) is 0 Å². The fourth-order valence-electron chi connectivity index (χ4n) is 2.75. The Labute approximate surface area is 103 Å². The minimum absolute atomic E-state index is 0.715. The summed E-state index contributed by atoms with van der Waals surface area (Å²) in [5.74, 6) is 0. The number of nitrogens with one attached hydrogen (secondary N) is 1. The van der Waals surface area contributed by atoms with Crippen LogP contribution >= 0.6 is 0 Å². The van der Waals surface area contributed by atoms with E-state index in [0.717, 1.165) is 19.0 Å². The Morgan fingerprint density at radius 1 is 1.41 bits per heavy atom. The molecule has 1 atom stereocenters. The van der Waals surface area contributed by atoms with Crippen LogP contribution in [0.5, 0.6) is 0 Å². The molecule has 2 fully saturated rings. The maximum Gasteiger partial charge on any atom is 0.0522 e. The molecule has 1 aromatic rings. The lowest BCUT2D eigenvalue weighted by Crippen LogP contribution is -2.34. The van der Waals surface area contributed by atoms with Crippen LogP contribution in [-0.4, -0.2) is 46.4 Å². The van der Waals surface area contributed by atoms with Crippen LogP contribution in [0.15, 0.2) is 12.4 Å². The average Bonchev–Trinajstić information content (AvgIpc) is 2.93. The first kappa shape index (κ1) is 11.2. The Kier molecular flexibility index (Phi) is 3.16. The zero-order valence-electron chi connectivity index (χ0n) is 10.6. The van der Waals surface area contributed by atoms with Gasteiger partial charge in [-0.3, -0.25) is 9.58 Å². The second-order valence-corrected chi connectivity index (χ2v) is 5.44. The third-order valence-electron chi connectivity index (χ3n) is 3.89. The number of aromatic nitrogens is 2. The predicted octanol–water partition coefficient (Wildman–Crippen LogP) is 0.789. The van der Waals surface area contributed by atoms with Crippen LogP contribution in [0.2, 0.25) is 0 Å². The molecular weight excluding hydrogens is 212 g/mol. The second-order valence-electron chi connectivity index (χ2n) is 5.44. The standard InChI is InChI=1S/C13H22N4/c1-16-9-11(8-15-16)4-6-14-12-5-7-17(10-12)13-2-3-13/h8-9,12-14H,2-7,10H2,1H3. The average molecular weight is 234 g/mol. The van der Waals surface area contributed by atoms with Crippen LogP contribution in [-0.2, 0) is 13.5 Å². The van der Waals surface area contributed by atoms with Gasteiger partial charge >= 0.3 is 0 Å². The van der Waals surface area contributed by atoms with Crippen molar-refractivity contribution in [2.24, 2.45) is 7.05 Å². The highest BCUT2D eigenvalue weighted by molar-refractivity contribution is 5.04. The molecule has 94 valence electrons. The van der Waals surface area contributed by atoms with E-state index in [9.17, 15) is 0 Å². The molecule has 3 rings (SSSR count). The predicted molar refractivity (Wildman–Crippen MR) is 67.9 cm³/mol. The van der Waals surface area contributed by atoms with E-state index in [1.807, 2.05) is 17.9 Å². The molecule has 1 saturated heterocycles. The molecule has 1 aliphatic carbocycles. The fraction of sp³-hybridized carbons (Fsp3) is 0.769. The molecule has 0 bridgehead atoms. The van der Waals surface area contributed by atoms with Crippen LogP contribution in [0.4, 0.5) is 0 Å². The van der Waals surface area contributed by atoms with Crippen molar-refractivity contribution in [1.29, 1.82) is 0 Å². The second kappa shape index (κ2) is 4.78. The monoisotopic (exact) mass is 234 g/mol. The largest absolute Gasteiger partial charge is 0.312 e. The Bertz CT molecular complexity index is 369. The summed E-state index contributed by atoms with van der Waals surface area (Å²) in [4.78, 5) is 2.65. The summed E-state index contributed by atoms with van der Waals surface area (Å²) < 4.78 is 1.87. The SMILES string of the molecule is Cn1cc(CCNC2CCN(C3CC3)C2)cn1. The van der Waals surface area contributed by atoms with Gasteiger partial charge in [-0.1, -0.05) is 0 Å². The van der Waals surface area contributed by atoms with E-state index >= 15 is 0 Å². The molecule has 4 nitrogen and oxygen atoms in total. The summed E-state index contributed by atoms with van der Waals surface area (Å²) in [6, 6.07) is 1.65. The Balaban J connectivity index is 1.37. The van der Waals surface area contributed by atoms with Gasteiger partial charge in [0.25, 0.3) is 0 Å². The van der Waals surface area contributed by atoms with Crippen molar-refractivity contribution in [3.8, 4) is 0 Å². The molecule has 0 spiro atoms. The Morgan fingerprint density at radius 2 is 2.29 bits per heavy atom. The third kappa shape index (κ3) is 2.87. The van der Waals surface area contributed by atoms with Gasteiger partial charge in [0.1, 0.15) is 0 Å². The van der Waals surface area contributed by atoms with Crippen molar-refractivity contribution in [2.45, 2.75) is 37.8 Å². The summed E-state index contributed by atoms with van der Waals surface area (Å²) in [6.45, 7) is 3.64. The maximum atomic E-state index is 4.19. The van der Waals surface area contributed by atoms with Gasteiger partial charge in [-0.25, -0.2) is 0 Å². The number of hydrogen-bond acceptors (Lipinski definition) is 3. The van der Waals surface area contributed by atoms with E-state index in [1.54, 1.807) is 0 Å². The van der Waals surface area contributed by atoms with Gasteiger partial charge in [0.2, 0.25) is 0 Å². The Hall–Kier alpha value is -0.870. The molecule has 2 aliphatic rings. The first-order chi connectivity index (χ1) is 8.31. The molecular formula is C13H22N4. The van der Waals surface area contributed by atoms with Gasteiger partial charge in [-0.05, 0) is 37.8 Å². The molecule has 17 heavy (non-hydrogen) atoms. The van der Waals surface area contributed by atoms with E-state index in [2.05, 4.69) is 21.5 Å². The summed E-state index contributed by atoms with van der Waals surface area (Å²) >= 11 is 0. The highest BCUT2D eigenvalue weighted by atomic mass is 15.2. The molecule has 4 heteroatoms. The number of likely N-dealkylation sites (tertiary alicyclic amines) is 1. The minimum atomic E-state index is 0.715. The fourth-order valence-corrected chi connectivity index (χ4v) is 2.75. The topological polar surface area (TPSA) is 33.1 Å². The number of rotatable bonds is 5. The van der Waals surface area contributed by atoms with Crippen LogP contribution in [0.25, 0.3) is 0 Å². The first-order valence-corrected chi connectivity index (χ1v) is 6.76. The van der Waals surface area contributed by atoms with Crippen LogP contribution in [0.1, 0.15) is 24.8 Å². The molecule has 1 aliphatic heterocycles. The number of aryl methyl sites for hydroxylation is 1. The number of nitrogens with zero attached hydrogens (tertiary/aromatic N) is 3. The summed E-state index contributed by atoms with van der Waals surface area (Å²) in [6.07, 6.45) is 9.35. The zero-order valence-corrected chi connectivity index (χ0v) is 10.6. The van der Waals surface area contributed by atoms with E-state index in [0.29, 0.717) is 6.04 Å². The molecule has 1 saturated carbocycles. The summed E-state index contributed by atoms with van der Waals surface area (Å²) in [7, 11) is 1.97. The van der Waals surface area contributed by atoms with Crippen molar-refractivity contribution in [3.05, 3.63) is 18.0 Å². The quantitative estimate of drug-likeness (QED) is 0.817. The lowest BCUT2D eigenvalue weighted by atomic mass is 10.2. The van der Waals surface area contributed by atoms with Gasteiger partial charge in [0.05, 0.1) is 6.20 Å². The lowest BCUT2D eigenvalue weighted by molar-refractivity contribution is 0.318. The van der Waals surface area contributed by atoms with E-state index in [4.69, 9.17) is 0 Å². The maximum absolute atomic E-state index is 4.19. The van der Waals surface area contributed by atoms with Gasteiger partial charge in [0, 0.05) is 38.4 Å². The highest BCUT2D eigenvalue weighted by Gasteiger charge is 2.33. The van der Waals surface area contributed by atoms with Crippen molar-refractivity contribution in [2.75, 3.05) is 19.6 Å². The Morgan fingerprint density at radius 3 is 3.00 bits per heavy atom. The van der Waals surface area contributed by atoms with Crippen molar-refractivity contribution < 1.29 is 0 Å². The smallest absolute Gasteiger partial charge is 0.0522 e. The zero-order chi connectivity index (χ0) is 11.7. The molecule has 0 radical (unpaired) electrons. The molecule has 0 amide bonds. The van der Waals surface area contributed by atoms with Crippen molar-refractivity contribution in [3.63, 3.8) is 0 Å². The van der Waals surface area contributed by atoms with Crippen LogP contribution in [0, 0.1) is 0 Å². The van der Waals surface area contributed by atoms with Crippen LogP contribution < -0.4 is 5.32 Å². The molecule has 1 unspecified atom stereocenters. The van der Waals surface area contributed by atoms with Gasteiger partial charge in [-0.2, -0.15) is 5.10 Å². The molecule has 2 heterocycles. The minimum Gasteiger partial charge on any atom is -0.312 e. The summed E-state index contributed by atoms with van der Waals surface area (Å²) in [5.41, 5.74) is 1.33. The third-order valence-corrected chi connectivity index (χ3v) is 3.89. The van der Waals surface area contributed by atoms with E-state index in [1.165, 1.54) is 37.9 Å². The van der Waals surface area contributed by atoms with E-state index < -0.39 is 0 Å². The normalized spacial score (nSPS) is 25.6. The first-order valence-electron chi connectivity index (χ1n) is 6.76. The van der Waals surface area contributed by atoms with Crippen LogP contribution in [0.3, 0.4) is 0 Å². The lowest BCUT2D eigenvalue weighted by Gasteiger charge is -2.15. The highest BCUT2D eigenvalue weighted by Crippen LogP contribution is 2.29. The molecule has 1 N–H and O–H groups in total. The molecule has 0 aromatic carbocycles. The van der Waals surface area contributed by atoms with Gasteiger partial charge in [-0.15, -0.1) is 0 Å². The van der Waals surface area contributed by atoms with Crippen molar-refractivity contribution in [1.82, 2.24) is 20.0 Å².